The summed E-state index contributed by atoms with van der Waals surface area (Å²) in [6.07, 6.45) is -0.387. The molecule has 4 nitrogen and oxygen atoms in total. The largest absolute Gasteiger partial charge is 0.389 e. The highest BCUT2D eigenvalue weighted by molar-refractivity contribution is 7.85. The summed E-state index contributed by atoms with van der Waals surface area (Å²) >= 11 is 0. The summed E-state index contributed by atoms with van der Waals surface area (Å²) in [6.45, 7) is 4.60. The lowest BCUT2D eigenvalue weighted by atomic mass is 10.1. The Hall–Kier alpha value is -1.20. The molecule has 0 bridgehead atoms. The van der Waals surface area contributed by atoms with Crippen LogP contribution in [0.4, 0.5) is 0 Å². The van der Waals surface area contributed by atoms with Crippen molar-refractivity contribution in [1.29, 1.82) is 0 Å². The molecule has 1 aliphatic heterocycles. The summed E-state index contributed by atoms with van der Waals surface area (Å²) in [5, 5.41) is 9.22. The van der Waals surface area contributed by atoms with Gasteiger partial charge in [0.1, 0.15) is 0 Å². The first-order valence-electron chi connectivity index (χ1n) is 5.97. The Morgan fingerprint density at radius 1 is 1.33 bits per heavy atom. The van der Waals surface area contributed by atoms with Crippen LogP contribution in [0.2, 0.25) is 0 Å². The number of hydrogen-bond donors (Lipinski definition) is 1. The molecule has 18 heavy (non-hydrogen) atoms. The molecule has 1 atom stereocenters. The van der Waals surface area contributed by atoms with Gasteiger partial charge in [0.15, 0.2) is 0 Å². The number of hydrogen-bond acceptors (Lipinski definition) is 3. The van der Waals surface area contributed by atoms with Crippen LogP contribution < -0.4 is 0 Å². The van der Waals surface area contributed by atoms with Crippen molar-refractivity contribution in [3.8, 4) is 0 Å². The van der Waals surface area contributed by atoms with Gasteiger partial charge in [0.2, 0.25) is 0 Å². The van der Waals surface area contributed by atoms with E-state index in [9.17, 15) is 9.00 Å². The molecule has 1 amide bonds. The maximum Gasteiger partial charge on any atom is 0.254 e. The van der Waals surface area contributed by atoms with Crippen LogP contribution in [-0.4, -0.2) is 44.6 Å². The number of rotatable bonds is 3. The van der Waals surface area contributed by atoms with E-state index in [0.717, 1.165) is 4.90 Å². The quantitative estimate of drug-likeness (QED) is 0.889. The monoisotopic (exact) mass is 267 g/mol. The zero-order chi connectivity index (χ0) is 13.3. The summed E-state index contributed by atoms with van der Waals surface area (Å²) in [4.78, 5) is 14.3. The number of carbonyl (C=O) groups excluding carboxylic acids is 1. The van der Waals surface area contributed by atoms with E-state index in [2.05, 4.69) is 0 Å². The fourth-order valence-electron chi connectivity index (χ4n) is 1.81. The minimum Gasteiger partial charge on any atom is -0.389 e. The molecule has 1 aliphatic rings. The molecule has 0 aromatic heterocycles. The highest BCUT2D eigenvalue weighted by Gasteiger charge is 2.29. The highest BCUT2D eigenvalue weighted by atomic mass is 32.2. The van der Waals surface area contributed by atoms with Gasteiger partial charge in [0, 0.05) is 28.8 Å². The third-order valence-electron chi connectivity index (χ3n) is 2.91. The minimum absolute atomic E-state index is 0.0667. The molecule has 1 N–H and O–H groups in total. The SMILES string of the molecule is CC(C)S(=O)c1ccc(C(=O)N2CC(O)C2)cc1. The number of nitrogens with zero attached hydrogens (tertiary/aromatic N) is 1. The Labute approximate surface area is 109 Å². The number of aliphatic hydroxyl groups excluding tert-OH is 1. The van der Waals surface area contributed by atoms with Gasteiger partial charge in [-0.15, -0.1) is 0 Å². The van der Waals surface area contributed by atoms with Crippen molar-refractivity contribution >= 4 is 16.7 Å². The van der Waals surface area contributed by atoms with Crippen LogP contribution in [0.5, 0.6) is 0 Å². The number of aliphatic hydroxyl groups is 1. The van der Waals surface area contributed by atoms with Gasteiger partial charge in [-0.25, -0.2) is 0 Å². The Morgan fingerprint density at radius 3 is 2.33 bits per heavy atom. The zero-order valence-electron chi connectivity index (χ0n) is 10.5. The second-order valence-electron chi connectivity index (χ2n) is 4.73. The van der Waals surface area contributed by atoms with Gasteiger partial charge in [0.25, 0.3) is 5.91 Å². The summed E-state index contributed by atoms with van der Waals surface area (Å²) < 4.78 is 11.9. The van der Waals surface area contributed by atoms with Crippen molar-refractivity contribution in [3.05, 3.63) is 29.8 Å². The second kappa shape index (κ2) is 5.20. The maximum atomic E-state index is 11.9. The molecular formula is C13H17NO3S. The molecule has 0 saturated carbocycles. The first kappa shape index (κ1) is 13.2. The zero-order valence-corrected chi connectivity index (χ0v) is 11.3. The van der Waals surface area contributed by atoms with Crippen LogP contribution in [0.15, 0.2) is 29.2 Å². The maximum absolute atomic E-state index is 11.9. The minimum atomic E-state index is -1.03. The third-order valence-corrected chi connectivity index (χ3v) is 4.50. The molecule has 1 fully saturated rings. The third kappa shape index (κ3) is 2.62. The highest BCUT2D eigenvalue weighted by Crippen LogP contribution is 2.16. The van der Waals surface area contributed by atoms with E-state index in [1.54, 1.807) is 29.2 Å². The first-order valence-corrected chi connectivity index (χ1v) is 7.18. The lowest BCUT2D eigenvalue weighted by molar-refractivity contribution is 0.00589. The fourth-order valence-corrected chi connectivity index (χ4v) is 2.76. The number of carbonyl (C=O) groups is 1. The number of likely N-dealkylation sites (tertiary alicyclic amines) is 1. The van der Waals surface area contributed by atoms with Gasteiger partial charge in [-0.1, -0.05) is 13.8 Å². The fraction of sp³-hybridized carbons (Fsp3) is 0.462. The summed E-state index contributed by atoms with van der Waals surface area (Å²) in [7, 11) is -1.03. The van der Waals surface area contributed by atoms with Crippen LogP contribution in [0, 0.1) is 0 Å². The predicted octanol–water partition coefficient (Wildman–Crippen LogP) is 1.02. The molecule has 2 rings (SSSR count). The van der Waals surface area contributed by atoms with Crippen LogP contribution in [0.25, 0.3) is 0 Å². The van der Waals surface area contributed by atoms with E-state index < -0.39 is 10.8 Å². The molecule has 1 heterocycles. The van der Waals surface area contributed by atoms with Crippen molar-refractivity contribution in [2.24, 2.45) is 0 Å². The van der Waals surface area contributed by atoms with E-state index in [-0.39, 0.29) is 17.3 Å². The predicted molar refractivity (Wildman–Crippen MR) is 69.9 cm³/mol. The Balaban J connectivity index is 2.08. The summed E-state index contributed by atoms with van der Waals surface area (Å²) in [6, 6.07) is 6.87. The Bertz CT molecular complexity index is 464. The van der Waals surface area contributed by atoms with E-state index >= 15 is 0 Å². The normalized spacial score (nSPS) is 17.7. The molecule has 1 aromatic rings. The van der Waals surface area contributed by atoms with Crippen molar-refractivity contribution in [2.75, 3.05) is 13.1 Å². The lowest BCUT2D eigenvalue weighted by Crippen LogP contribution is -2.53. The summed E-state index contributed by atoms with van der Waals surface area (Å²) in [5.41, 5.74) is 0.575. The molecule has 1 unspecified atom stereocenters. The van der Waals surface area contributed by atoms with Gasteiger partial charge >= 0.3 is 0 Å². The van der Waals surface area contributed by atoms with E-state index in [1.165, 1.54) is 0 Å². The molecule has 1 saturated heterocycles. The van der Waals surface area contributed by atoms with E-state index in [0.29, 0.717) is 18.7 Å². The Kier molecular flexibility index (Phi) is 3.82. The van der Waals surface area contributed by atoms with Gasteiger partial charge in [0.05, 0.1) is 16.9 Å². The van der Waals surface area contributed by atoms with E-state index in [4.69, 9.17) is 5.11 Å². The lowest BCUT2D eigenvalue weighted by Gasteiger charge is -2.35. The van der Waals surface area contributed by atoms with Gasteiger partial charge in [-0.2, -0.15) is 0 Å². The molecule has 0 aliphatic carbocycles. The Morgan fingerprint density at radius 2 is 1.89 bits per heavy atom. The van der Waals surface area contributed by atoms with Crippen molar-refractivity contribution < 1.29 is 14.1 Å². The van der Waals surface area contributed by atoms with Crippen LogP contribution in [0.3, 0.4) is 0 Å². The van der Waals surface area contributed by atoms with Gasteiger partial charge in [-0.3, -0.25) is 9.00 Å². The van der Waals surface area contributed by atoms with Crippen LogP contribution in [0.1, 0.15) is 24.2 Å². The molecule has 5 heteroatoms. The summed E-state index contributed by atoms with van der Waals surface area (Å²) in [5.74, 6) is -0.0813. The van der Waals surface area contributed by atoms with Crippen LogP contribution in [-0.2, 0) is 10.8 Å². The van der Waals surface area contributed by atoms with Gasteiger partial charge in [-0.05, 0) is 24.3 Å². The molecular weight excluding hydrogens is 250 g/mol. The number of amides is 1. The topological polar surface area (TPSA) is 57.6 Å². The first-order chi connectivity index (χ1) is 8.49. The van der Waals surface area contributed by atoms with Crippen molar-refractivity contribution in [2.45, 2.75) is 30.1 Å². The van der Waals surface area contributed by atoms with Crippen molar-refractivity contribution in [3.63, 3.8) is 0 Å². The van der Waals surface area contributed by atoms with Crippen molar-refractivity contribution in [1.82, 2.24) is 4.90 Å². The average Bonchev–Trinajstić information content (AvgIpc) is 2.33. The number of β-amino-alcohol motifs (C(OH)–C–C–N with tert-alkyl or cyclic N) is 1. The molecule has 98 valence electrons. The smallest absolute Gasteiger partial charge is 0.254 e. The van der Waals surface area contributed by atoms with Gasteiger partial charge < -0.3 is 10.0 Å². The standard InChI is InChI=1S/C13H17NO3S/c1-9(2)18(17)12-5-3-10(4-6-12)13(16)14-7-11(15)8-14/h3-6,9,11,15H,7-8H2,1-2H3. The number of benzene rings is 1. The average molecular weight is 267 g/mol. The molecule has 1 aromatic carbocycles. The second-order valence-corrected chi connectivity index (χ2v) is 6.74. The van der Waals surface area contributed by atoms with Crippen LogP contribution >= 0.6 is 0 Å². The van der Waals surface area contributed by atoms with E-state index in [1.807, 2.05) is 13.8 Å². The molecule has 0 spiro atoms. The molecule has 0 radical (unpaired) electrons.